The quantitative estimate of drug-likeness (QED) is 0.532. The third-order valence-corrected chi connectivity index (χ3v) is 2.81. The summed E-state index contributed by atoms with van der Waals surface area (Å²) in [7, 11) is 0. The lowest BCUT2D eigenvalue weighted by Gasteiger charge is -2.14. The predicted octanol–water partition coefficient (Wildman–Crippen LogP) is 1.65. The number of aliphatic hydroxyl groups is 1. The lowest BCUT2D eigenvalue weighted by atomic mass is 10.1. The number of nitrogens with two attached hydrogens (primary N) is 1. The first kappa shape index (κ1) is 11.4. The number of aliphatic hydroxyl groups excluding tert-OH is 1. The number of hydrogen-bond acceptors (Lipinski definition) is 2. The van der Waals surface area contributed by atoms with E-state index in [9.17, 15) is 5.11 Å². The molecule has 0 saturated carbocycles. The van der Waals surface area contributed by atoms with Gasteiger partial charge in [0.25, 0.3) is 0 Å². The molecule has 2 atom stereocenters. The Balaban J connectivity index is 3.28. The number of alkyl halides is 1. The molecule has 0 aliphatic heterocycles. The van der Waals surface area contributed by atoms with E-state index >= 15 is 0 Å². The largest absolute Gasteiger partial charge is 0.391 e. The summed E-state index contributed by atoms with van der Waals surface area (Å²) in [5.74, 6) is 0. The van der Waals surface area contributed by atoms with Gasteiger partial charge in [-0.3, -0.25) is 0 Å². The summed E-state index contributed by atoms with van der Waals surface area (Å²) in [4.78, 5) is 0.180. The predicted molar refractivity (Wildman–Crippen MR) is 51.9 cm³/mol. The molecule has 0 saturated heterocycles. The van der Waals surface area contributed by atoms with Gasteiger partial charge in [-0.05, 0) is 6.42 Å². The van der Waals surface area contributed by atoms with Crippen LogP contribution >= 0.6 is 15.9 Å². The molecule has 3 N–H and O–H groups in total. The van der Waals surface area contributed by atoms with Crippen LogP contribution in [0.5, 0.6) is 0 Å². The van der Waals surface area contributed by atoms with Crippen LogP contribution in [0.3, 0.4) is 0 Å². The van der Waals surface area contributed by atoms with E-state index in [1.807, 2.05) is 0 Å². The van der Waals surface area contributed by atoms with E-state index in [2.05, 4.69) is 22.9 Å². The van der Waals surface area contributed by atoms with Crippen molar-refractivity contribution in [2.75, 3.05) is 6.54 Å². The van der Waals surface area contributed by atoms with E-state index in [0.717, 1.165) is 6.42 Å². The highest BCUT2D eigenvalue weighted by Crippen LogP contribution is 2.14. The van der Waals surface area contributed by atoms with Crippen LogP contribution in [0, 0.1) is 0 Å². The zero-order valence-electron chi connectivity index (χ0n) is 7.09. The van der Waals surface area contributed by atoms with Crippen molar-refractivity contribution in [1.82, 2.24) is 0 Å². The Morgan fingerprint density at radius 3 is 2.55 bits per heavy atom. The Bertz CT molecular complexity index is 90.2. The fourth-order valence-corrected chi connectivity index (χ4v) is 1.47. The lowest BCUT2D eigenvalue weighted by molar-refractivity contribution is 0.177. The summed E-state index contributed by atoms with van der Waals surface area (Å²) in [5, 5.41) is 9.25. The van der Waals surface area contributed by atoms with Crippen molar-refractivity contribution in [3.05, 3.63) is 0 Å². The molecule has 2 unspecified atom stereocenters. The van der Waals surface area contributed by atoms with Gasteiger partial charge >= 0.3 is 0 Å². The molecular formula is C8H18BrNO. The van der Waals surface area contributed by atoms with Gasteiger partial charge in [0, 0.05) is 11.4 Å². The van der Waals surface area contributed by atoms with E-state index in [4.69, 9.17) is 5.73 Å². The van der Waals surface area contributed by atoms with Gasteiger partial charge in [-0.1, -0.05) is 42.1 Å². The van der Waals surface area contributed by atoms with Gasteiger partial charge in [0.1, 0.15) is 0 Å². The van der Waals surface area contributed by atoms with Gasteiger partial charge in [-0.25, -0.2) is 0 Å². The van der Waals surface area contributed by atoms with Crippen molar-refractivity contribution in [1.29, 1.82) is 0 Å². The van der Waals surface area contributed by atoms with Gasteiger partial charge in [0.2, 0.25) is 0 Å². The molecule has 3 heteroatoms. The number of unbranched alkanes of at least 4 members (excludes halogenated alkanes) is 2. The maximum atomic E-state index is 9.25. The minimum absolute atomic E-state index is 0.180. The molecule has 0 aliphatic rings. The molecule has 2 nitrogen and oxygen atoms in total. The van der Waals surface area contributed by atoms with E-state index in [1.54, 1.807) is 0 Å². The van der Waals surface area contributed by atoms with Gasteiger partial charge < -0.3 is 10.8 Å². The summed E-state index contributed by atoms with van der Waals surface area (Å²) < 4.78 is 0. The molecule has 68 valence electrons. The Morgan fingerprint density at radius 2 is 2.09 bits per heavy atom. The van der Waals surface area contributed by atoms with Crippen LogP contribution in [0.15, 0.2) is 0 Å². The molecule has 0 radical (unpaired) electrons. The van der Waals surface area contributed by atoms with Crippen LogP contribution in [0.1, 0.15) is 32.6 Å². The molecule has 0 aromatic heterocycles. The van der Waals surface area contributed by atoms with Crippen LogP contribution in [0.4, 0.5) is 0 Å². The third kappa shape index (κ3) is 5.65. The Kier molecular flexibility index (Phi) is 7.33. The van der Waals surface area contributed by atoms with E-state index < -0.39 is 0 Å². The number of halogens is 1. The van der Waals surface area contributed by atoms with Gasteiger partial charge in [-0.15, -0.1) is 0 Å². The van der Waals surface area contributed by atoms with Crippen molar-refractivity contribution in [3.8, 4) is 0 Å². The second kappa shape index (κ2) is 7.07. The molecule has 0 heterocycles. The van der Waals surface area contributed by atoms with Crippen LogP contribution in [0.2, 0.25) is 0 Å². The highest BCUT2D eigenvalue weighted by molar-refractivity contribution is 9.09. The average Bonchev–Trinajstić information content (AvgIpc) is 2.03. The standard InChI is InChI=1S/C8H18BrNO/c1-2-3-4-5-7(9)8(11)6-10/h7-8,11H,2-6,10H2,1H3. The minimum Gasteiger partial charge on any atom is -0.391 e. The average molecular weight is 224 g/mol. The van der Waals surface area contributed by atoms with E-state index in [0.29, 0.717) is 6.54 Å². The molecule has 0 spiro atoms. The maximum Gasteiger partial charge on any atom is 0.0787 e. The fraction of sp³-hybridized carbons (Fsp3) is 1.00. The van der Waals surface area contributed by atoms with Gasteiger partial charge in [0.15, 0.2) is 0 Å². The summed E-state index contributed by atoms with van der Waals surface area (Å²) in [6, 6.07) is 0. The van der Waals surface area contributed by atoms with Crippen LogP contribution in [0.25, 0.3) is 0 Å². The smallest absolute Gasteiger partial charge is 0.0787 e. The van der Waals surface area contributed by atoms with Crippen LogP contribution in [-0.2, 0) is 0 Å². The van der Waals surface area contributed by atoms with Crippen molar-refractivity contribution >= 4 is 15.9 Å². The Hall–Kier alpha value is 0.400. The molecule has 0 bridgehead atoms. The van der Waals surface area contributed by atoms with E-state index in [-0.39, 0.29) is 10.9 Å². The Labute approximate surface area is 77.3 Å². The minimum atomic E-state index is -0.383. The van der Waals surface area contributed by atoms with Crippen LogP contribution < -0.4 is 5.73 Å². The molecule has 0 aromatic carbocycles. The molecule has 0 amide bonds. The zero-order chi connectivity index (χ0) is 8.69. The summed E-state index contributed by atoms with van der Waals surface area (Å²) in [6.45, 7) is 2.52. The van der Waals surface area contributed by atoms with Gasteiger partial charge in [-0.2, -0.15) is 0 Å². The second-order valence-corrected chi connectivity index (χ2v) is 3.99. The molecular weight excluding hydrogens is 206 g/mol. The fourth-order valence-electron chi connectivity index (χ4n) is 0.929. The first-order valence-electron chi connectivity index (χ1n) is 4.24. The third-order valence-electron chi connectivity index (χ3n) is 1.74. The lowest BCUT2D eigenvalue weighted by Crippen LogP contribution is -2.29. The summed E-state index contributed by atoms with van der Waals surface area (Å²) in [6.07, 6.45) is 4.26. The first-order chi connectivity index (χ1) is 5.22. The monoisotopic (exact) mass is 223 g/mol. The van der Waals surface area contributed by atoms with Crippen molar-refractivity contribution in [2.45, 2.75) is 43.5 Å². The van der Waals surface area contributed by atoms with Crippen LogP contribution in [-0.4, -0.2) is 22.6 Å². The molecule has 0 fully saturated rings. The van der Waals surface area contributed by atoms with Gasteiger partial charge in [0.05, 0.1) is 6.10 Å². The normalized spacial score (nSPS) is 16.4. The molecule has 0 aliphatic carbocycles. The van der Waals surface area contributed by atoms with Crippen molar-refractivity contribution in [2.24, 2.45) is 5.73 Å². The van der Waals surface area contributed by atoms with E-state index in [1.165, 1.54) is 19.3 Å². The number of rotatable bonds is 6. The zero-order valence-corrected chi connectivity index (χ0v) is 8.68. The first-order valence-corrected chi connectivity index (χ1v) is 5.16. The maximum absolute atomic E-state index is 9.25. The Morgan fingerprint density at radius 1 is 1.45 bits per heavy atom. The highest BCUT2D eigenvalue weighted by Gasteiger charge is 2.12. The molecule has 0 aromatic rings. The second-order valence-electron chi connectivity index (χ2n) is 2.81. The highest BCUT2D eigenvalue weighted by atomic mass is 79.9. The summed E-state index contributed by atoms with van der Waals surface area (Å²) >= 11 is 3.40. The van der Waals surface area contributed by atoms with Crippen molar-refractivity contribution in [3.63, 3.8) is 0 Å². The molecule has 0 rings (SSSR count). The topological polar surface area (TPSA) is 46.2 Å². The number of hydrogen-bond donors (Lipinski definition) is 2. The van der Waals surface area contributed by atoms with Crippen molar-refractivity contribution < 1.29 is 5.11 Å². The summed E-state index contributed by atoms with van der Waals surface area (Å²) in [5.41, 5.74) is 5.30. The molecule has 11 heavy (non-hydrogen) atoms. The SMILES string of the molecule is CCCCCC(Br)C(O)CN.